The van der Waals surface area contributed by atoms with E-state index in [2.05, 4.69) is 21.2 Å². The van der Waals surface area contributed by atoms with Crippen LogP contribution in [-0.2, 0) is 0 Å². The van der Waals surface area contributed by atoms with Gasteiger partial charge in [0.2, 0.25) is 0 Å². The van der Waals surface area contributed by atoms with Crippen LogP contribution in [0.4, 0.5) is 4.39 Å². The molecule has 0 spiro atoms. The van der Waals surface area contributed by atoms with E-state index in [4.69, 9.17) is 0 Å². The molecule has 1 saturated heterocycles. The molecule has 1 fully saturated rings. The number of alkyl halides is 1. The minimum absolute atomic E-state index is 0.157. The standard InChI is InChI=1S/C11H13BrFN/c12-5-9-6-14-7-11(9)8-1-3-10(13)4-2-8/h1-4,9,11,14H,5-7H2. The van der Waals surface area contributed by atoms with Crippen LogP contribution in [0, 0.1) is 11.7 Å². The Bertz CT molecular complexity index is 299. The molecule has 1 heterocycles. The summed E-state index contributed by atoms with van der Waals surface area (Å²) in [5.41, 5.74) is 1.24. The van der Waals surface area contributed by atoms with Gasteiger partial charge in [-0.3, -0.25) is 0 Å². The topological polar surface area (TPSA) is 12.0 Å². The smallest absolute Gasteiger partial charge is 0.123 e. The highest BCUT2D eigenvalue weighted by atomic mass is 79.9. The molecule has 0 bridgehead atoms. The molecule has 2 rings (SSSR count). The van der Waals surface area contributed by atoms with Crippen LogP contribution in [0.5, 0.6) is 0 Å². The van der Waals surface area contributed by atoms with Gasteiger partial charge < -0.3 is 5.32 Å². The molecule has 0 aromatic heterocycles. The SMILES string of the molecule is Fc1ccc(C2CNCC2CBr)cc1. The lowest BCUT2D eigenvalue weighted by molar-refractivity contribution is 0.581. The zero-order chi connectivity index (χ0) is 9.97. The van der Waals surface area contributed by atoms with Crippen LogP contribution in [0.15, 0.2) is 24.3 Å². The Morgan fingerprint density at radius 2 is 2.00 bits per heavy atom. The molecule has 0 radical (unpaired) electrons. The highest BCUT2D eigenvalue weighted by Crippen LogP contribution is 2.29. The van der Waals surface area contributed by atoms with Crippen molar-refractivity contribution in [1.82, 2.24) is 5.32 Å². The van der Waals surface area contributed by atoms with Crippen molar-refractivity contribution in [2.75, 3.05) is 18.4 Å². The third-order valence-electron chi connectivity index (χ3n) is 2.84. The summed E-state index contributed by atoms with van der Waals surface area (Å²) in [7, 11) is 0. The fraction of sp³-hybridized carbons (Fsp3) is 0.455. The van der Waals surface area contributed by atoms with Crippen LogP contribution in [0.25, 0.3) is 0 Å². The maximum Gasteiger partial charge on any atom is 0.123 e. The summed E-state index contributed by atoms with van der Waals surface area (Å²) in [5.74, 6) is 0.991. The van der Waals surface area contributed by atoms with Crippen LogP contribution >= 0.6 is 15.9 Å². The molecule has 14 heavy (non-hydrogen) atoms. The predicted molar refractivity (Wildman–Crippen MR) is 59.3 cm³/mol. The number of hydrogen-bond acceptors (Lipinski definition) is 1. The Morgan fingerprint density at radius 1 is 1.29 bits per heavy atom. The average molecular weight is 258 g/mol. The van der Waals surface area contributed by atoms with Crippen molar-refractivity contribution >= 4 is 15.9 Å². The van der Waals surface area contributed by atoms with Crippen molar-refractivity contribution in [3.8, 4) is 0 Å². The first-order valence-corrected chi connectivity index (χ1v) is 5.95. The van der Waals surface area contributed by atoms with E-state index in [1.807, 2.05) is 12.1 Å². The minimum Gasteiger partial charge on any atom is -0.316 e. The first-order valence-electron chi connectivity index (χ1n) is 4.83. The van der Waals surface area contributed by atoms with Gasteiger partial charge in [0.25, 0.3) is 0 Å². The predicted octanol–water partition coefficient (Wildman–Crippen LogP) is 2.52. The number of benzene rings is 1. The molecule has 1 aliphatic rings. The zero-order valence-electron chi connectivity index (χ0n) is 7.84. The summed E-state index contributed by atoms with van der Waals surface area (Å²) in [5, 5.41) is 4.36. The quantitative estimate of drug-likeness (QED) is 0.804. The normalized spacial score (nSPS) is 26.7. The number of hydrogen-bond donors (Lipinski definition) is 1. The van der Waals surface area contributed by atoms with Crippen LogP contribution in [0.2, 0.25) is 0 Å². The van der Waals surface area contributed by atoms with Gasteiger partial charge in [0.15, 0.2) is 0 Å². The number of rotatable bonds is 2. The zero-order valence-corrected chi connectivity index (χ0v) is 9.43. The maximum atomic E-state index is 12.7. The van der Waals surface area contributed by atoms with Gasteiger partial charge in [0.05, 0.1) is 0 Å². The Hall–Kier alpha value is -0.410. The minimum atomic E-state index is -0.157. The van der Waals surface area contributed by atoms with Crippen molar-refractivity contribution in [1.29, 1.82) is 0 Å². The molecule has 2 unspecified atom stereocenters. The fourth-order valence-electron chi connectivity index (χ4n) is 2.00. The molecular weight excluding hydrogens is 245 g/mol. The summed E-state index contributed by atoms with van der Waals surface area (Å²) < 4.78 is 12.7. The fourth-order valence-corrected chi connectivity index (χ4v) is 2.68. The third kappa shape index (κ3) is 1.98. The molecule has 1 aromatic rings. The third-order valence-corrected chi connectivity index (χ3v) is 3.67. The van der Waals surface area contributed by atoms with E-state index in [-0.39, 0.29) is 5.82 Å². The van der Waals surface area contributed by atoms with Gasteiger partial charge in [-0.15, -0.1) is 0 Å². The summed E-state index contributed by atoms with van der Waals surface area (Å²) in [6.45, 7) is 2.05. The molecule has 2 atom stereocenters. The van der Waals surface area contributed by atoms with Crippen molar-refractivity contribution in [3.05, 3.63) is 35.6 Å². The van der Waals surface area contributed by atoms with E-state index in [1.165, 1.54) is 5.56 Å². The van der Waals surface area contributed by atoms with Gasteiger partial charge in [-0.2, -0.15) is 0 Å². The van der Waals surface area contributed by atoms with Gasteiger partial charge in [-0.05, 0) is 30.2 Å². The largest absolute Gasteiger partial charge is 0.316 e. The van der Waals surface area contributed by atoms with E-state index in [0.29, 0.717) is 11.8 Å². The molecule has 3 heteroatoms. The molecule has 0 saturated carbocycles. The maximum absolute atomic E-state index is 12.7. The molecule has 1 nitrogen and oxygen atoms in total. The molecule has 1 aliphatic heterocycles. The van der Waals surface area contributed by atoms with Crippen molar-refractivity contribution in [2.24, 2.45) is 5.92 Å². The average Bonchev–Trinajstić information content (AvgIpc) is 2.67. The van der Waals surface area contributed by atoms with E-state index in [1.54, 1.807) is 12.1 Å². The summed E-state index contributed by atoms with van der Waals surface area (Å²) in [6, 6.07) is 6.86. The molecule has 1 aromatic carbocycles. The van der Waals surface area contributed by atoms with E-state index >= 15 is 0 Å². The van der Waals surface area contributed by atoms with E-state index < -0.39 is 0 Å². The lowest BCUT2D eigenvalue weighted by Crippen LogP contribution is -2.11. The van der Waals surface area contributed by atoms with Crippen molar-refractivity contribution in [2.45, 2.75) is 5.92 Å². The van der Waals surface area contributed by atoms with E-state index in [9.17, 15) is 4.39 Å². The Balaban J connectivity index is 2.17. The Labute approximate surface area is 91.8 Å². The number of nitrogens with one attached hydrogen (secondary N) is 1. The molecule has 1 N–H and O–H groups in total. The highest BCUT2D eigenvalue weighted by Gasteiger charge is 2.27. The first-order chi connectivity index (χ1) is 6.81. The highest BCUT2D eigenvalue weighted by molar-refractivity contribution is 9.09. The lowest BCUT2D eigenvalue weighted by Gasteiger charge is -2.16. The second kappa shape index (κ2) is 4.41. The molecule has 0 aliphatic carbocycles. The van der Waals surface area contributed by atoms with Crippen LogP contribution in [0.3, 0.4) is 0 Å². The van der Waals surface area contributed by atoms with Crippen LogP contribution in [-0.4, -0.2) is 18.4 Å². The second-order valence-corrected chi connectivity index (χ2v) is 4.38. The van der Waals surface area contributed by atoms with Gasteiger partial charge >= 0.3 is 0 Å². The van der Waals surface area contributed by atoms with Crippen molar-refractivity contribution in [3.63, 3.8) is 0 Å². The lowest BCUT2D eigenvalue weighted by atomic mass is 9.90. The van der Waals surface area contributed by atoms with Gasteiger partial charge in [-0.25, -0.2) is 4.39 Å². The molecule has 76 valence electrons. The number of halogens is 2. The molecule has 0 amide bonds. The Morgan fingerprint density at radius 3 is 2.64 bits per heavy atom. The summed E-state index contributed by atoms with van der Waals surface area (Å²) >= 11 is 3.51. The molecular formula is C11H13BrFN. The van der Waals surface area contributed by atoms with Crippen molar-refractivity contribution < 1.29 is 4.39 Å². The van der Waals surface area contributed by atoms with Gasteiger partial charge in [0, 0.05) is 17.8 Å². The van der Waals surface area contributed by atoms with Gasteiger partial charge in [-0.1, -0.05) is 28.1 Å². The Kier molecular flexibility index (Phi) is 3.19. The first kappa shape index (κ1) is 10.1. The summed E-state index contributed by atoms with van der Waals surface area (Å²) in [6.07, 6.45) is 0. The monoisotopic (exact) mass is 257 g/mol. The van der Waals surface area contributed by atoms with Crippen LogP contribution in [0.1, 0.15) is 11.5 Å². The van der Waals surface area contributed by atoms with E-state index in [0.717, 1.165) is 18.4 Å². The summed E-state index contributed by atoms with van der Waals surface area (Å²) in [4.78, 5) is 0. The van der Waals surface area contributed by atoms with Gasteiger partial charge in [0.1, 0.15) is 5.82 Å². The second-order valence-electron chi connectivity index (χ2n) is 3.73. The van der Waals surface area contributed by atoms with Crippen LogP contribution < -0.4 is 5.32 Å².